The summed E-state index contributed by atoms with van der Waals surface area (Å²) in [7, 11) is 0. The van der Waals surface area contributed by atoms with Gasteiger partial charge in [-0.15, -0.1) is 0 Å². The van der Waals surface area contributed by atoms with Gasteiger partial charge in [-0.25, -0.2) is 4.79 Å². The number of carboxylic acid groups (broad SMARTS) is 1. The number of rotatable bonds is 8. The summed E-state index contributed by atoms with van der Waals surface area (Å²) in [5.74, 6) is -0.839. The van der Waals surface area contributed by atoms with Gasteiger partial charge in [-0.3, -0.25) is 9.69 Å². The molecule has 1 aliphatic rings. The van der Waals surface area contributed by atoms with Crippen LogP contribution < -0.4 is 10.6 Å². The van der Waals surface area contributed by atoms with E-state index < -0.39 is 5.97 Å². The van der Waals surface area contributed by atoms with Crippen molar-refractivity contribution < 1.29 is 14.7 Å². The van der Waals surface area contributed by atoms with Gasteiger partial charge in [0.25, 0.3) is 0 Å². The van der Waals surface area contributed by atoms with E-state index in [1.165, 1.54) is 11.1 Å². The number of carbonyl (C=O) groups excluding carboxylic acids is 1. The van der Waals surface area contributed by atoms with Crippen LogP contribution in [0.1, 0.15) is 37.3 Å². The molecule has 2 amide bonds. The average Bonchev–Trinajstić information content (AvgIpc) is 2.59. The largest absolute Gasteiger partial charge is 0.481 e. The van der Waals surface area contributed by atoms with Gasteiger partial charge in [-0.1, -0.05) is 31.2 Å². The smallest absolute Gasteiger partial charge is 0.314 e. The summed E-state index contributed by atoms with van der Waals surface area (Å²) < 4.78 is 0. The number of carboxylic acids is 1. The maximum atomic E-state index is 11.8. The summed E-state index contributed by atoms with van der Waals surface area (Å²) in [6.45, 7) is 5.06. The van der Waals surface area contributed by atoms with Crippen LogP contribution in [0.3, 0.4) is 0 Å². The molecule has 0 aliphatic carbocycles. The molecule has 24 heavy (non-hydrogen) atoms. The highest BCUT2D eigenvalue weighted by Crippen LogP contribution is 2.21. The first-order valence-electron chi connectivity index (χ1n) is 8.64. The Morgan fingerprint density at radius 2 is 2.00 bits per heavy atom. The maximum absolute atomic E-state index is 11.8. The van der Waals surface area contributed by atoms with Crippen LogP contribution in [0, 0.1) is 0 Å². The summed E-state index contributed by atoms with van der Waals surface area (Å²) in [4.78, 5) is 24.7. The predicted octanol–water partition coefficient (Wildman–Crippen LogP) is 1.99. The summed E-state index contributed by atoms with van der Waals surface area (Å²) in [5.41, 5.74) is 2.80. The van der Waals surface area contributed by atoms with Crippen LogP contribution in [0.5, 0.6) is 0 Å². The molecular weight excluding hydrogens is 306 g/mol. The number of nitrogens with one attached hydrogen (secondary N) is 2. The molecule has 0 saturated heterocycles. The Hall–Kier alpha value is -2.08. The number of nitrogens with zero attached hydrogens (tertiary/aromatic N) is 1. The molecular formula is C18H27N3O3. The van der Waals surface area contributed by atoms with Gasteiger partial charge in [0.15, 0.2) is 0 Å². The Morgan fingerprint density at radius 1 is 1.25 bits per heavy atom. The lowest BCUT2D eigenvalue weighted by Crippen LogP contribution is -2.47. The van der Waals surface area contributed by atoms with Crippen molar-refractivity contribution in [3.8, 4) is 0 Å². The standard InChI is InChI=1S/C18H27N3O3/c1-2-16(12-20-18(24)19-10-5-8-17(22)23)21-11-9-14-6-3-4-7-15(14)13-21/h3-4,6-7,16H,2,5,8-13H2,1H3,(H,22,23)(H2,19,20,24). The topological polar surface area (TPSA) is 81.7 Å². The van der Waals surface area contributed by atoms with Crippen LogP contribution in [0.15, 0.2) is 24.3 Å². The molecule has 0 saturated carbocycles. The van der Waals surface area contributed by atoms with Gasteiger partial charge in [-0.05, 0) is 30.4 Å². The van der Waals surface area contributed by atoms with Gasteiger partial charge >= 0.3 is 12.0 Å². The van der Waals surface area contributed by atoms with E-state index in [0.717, 1.165) is 25.9 Å². The number of hydrogen-bond donors (Lipinski definition) is 3. The van der Waals surface area contributed by atoms with E-state index in [9.17, 15) is 9.59 Å². The molecule has 0 spiro atoms. The van der Waals surface area contributed by atoms with E-state index in [2.05, 4.69) is 46.7 Å². The third kappa shape index (κ3) is 5.53. The van der Waals surface area contributed by atoms with E-state index in [-0.39, 0.29) is 12.5 Å². The molecule has 0 radical (unpaired) electrons. The molecule has 0 fully saturated rings. The van der Waals surface area contributed by atoms with E-state index in [1.807, 2.05) is 0 Å². The number of hydrogen-bond acceptors (Lipinski definition) is 3. The van der Waals surface area contributed by atoms with Gasteiger partial charge in [0.2, 0.25) is 0 Å². The van der Waals surface area contributed by atoms with Crippen molar-refractivity contribution in [2.45, 2.75) is 45.2 Å². The fourth-order valence-corrected chi connectivity index (χ4v) is 3.08. The van der Waals surface area contributed by atoms with E-state index in [4.69, 9.17) is 5.11 Å². The lowest BCUT2D eigenvalue weighted by molar-refractivity contribution is -0.137. The predicted molar refractivity (Wildman–Crippen MR) is 92.9 cm³/mol. The number of aliphatic carboxylic acids is 1. The molecule has 1 atom stereocenters. The summed E-state index contributed by atoms with van der Waals surface area (Å²) >= 11 is 0. The second kappa shape index (κ2) is 9.27. The fraction of sp³-hybridized carbons (Fsp3) is 0.556. The molecule has 1 unspecified atom stereocenters. The van der Waals surface area contributed by atoms with Crippen LogP contribution in [-0.4, -0.2) is 47.7 Å². The van der Waals surface area contributed by atoms with Gasteiger partial charge in [0, 0.05) is 38.6 Å². The third-order valence-electron chi connectivity index (χ3n) is 4.50. The molecule has 0 aromatic heterocycles. The quantitative estimate of drug-likeness (QED) is 0.636. The molecule has 1 aliphatic heterocycles. The van der Waals surface area contributed by atoms with Gasteiger partial charge in [0.05, 0.1) is 0 Å². The molecule has 1 heterocycles. The van der Waals surface area contributed by atoms with Crippen LogP contribution in [0.25, 0.3) is 0 Å². The zero-order valence-corrected chi connectivity index (χ0v) is 14.3. The Bertz CT molecular complexity index is 562. The van der Waals surface area contributed by atoms with Crippen LogP contribution in [-0.2, 0) is 17.8 Å². The molecule has 2 rings (SSSR count). The summed E-state index contributed by atoms with van der Waals surface area (Å²) in [6.07, 6.45) is 2.55. The van der Waals surface area contributed by atoms with Gasteiger partial charge in [-0.2, -0.15) is 0 Å². The van der Waals surface area contributed by atoms with Crippen molar-refractivity contribution in [2.24, 2.45) is 0 Å². The first kappa shape index (κ1) is 18.3. The highest BCUT2D eigenvalue weighted by Gasteiger charge is 2.22. The Morgan fingerprint density at radius 3 is 2.71 bits per heavy atom. The fourth-order valence-electron chi connectivity index (χ4n) is 3.08. The minimum atomic E-state index is -0.839. The first-order chi connectivity index (χ1) is 11.6. The SMILES string of the molecule is CCC(CNC(=O)NCCCC(=O)O)N1CCc2ccccc2C1. The van der Waals surface area contributed by atoms with Crippen LogP contribution in [0.4, 0.5) is 4.79 Å². The second-order valence-electron chi connectivity index (χ2n) is 6.19. The van der Waals surface area contributed by atoms with E-state index >= 15 is 0 Å². The monoisotopic (exact) mass is 333 g/mol. The molecule has 132 valence electrons. The molecule has 6 nitrogen and oxygen atoms in total. The number of amides is 2. The Labute approximate surface area is 143 Å². The lowest BCUT2D eigenvalue weighted by atomic mass is 9.98. The van der Waals surface area contributed by atoms with E-state index in [1.54, 1.807) is 0 Å². The molecule has 6 heteroatoms. The number of fused-ring (bicyclic) bond motifs is 1. The maximum Gasteiger partial charge on any atom is 0.314 e. The number of urea groups is 1. The van der Waals surface area contributed by atoms with Gasteiger partial charge in [0.1, 0.15) is 0 Å². The van der Waals surface area contributed by atoms with Crippen LogP contribution in [0.2, 0.25) is 0 Å². The van der Waals surface area contributed by atoms with Crippen molar-refractivity contribution >= 4 is 12.0 Å². The van der Waals surface area contributed by atoms with Gasteiger partial charge < -0.3 is 15.7 Å². The Balaban J connectivity index is 1.74. The minimum absolute atomic E-state index is 0.0745. The van der Waals surface area contributed by atoms with Crippen molar-refractivity contribution in [1.82, 2.24) is 15.5 Å². The van der Waals surface area contributed by atoms with Crippen molar-refractivity contribution in [2.75, 3.05) is 19.6 Å². The Kier molecular flexibility index (Phi) is 7.06. The van der Waals surface area contributed by atoms with Crippen molar-refractivity contribution in [3.05, 3.63) is 35.4 Å². The van der Waals surface area contributed by atoms with E-state index in [0.29, 0.717) is 25.6 Å². The molecule has 1 aromatic rings. The highest BCUT2D eigenvalue weighted by atomic mass is 16.4. The van der Waals surface area contributed by atoms with Crippen LogP contribution >= 0.6 is 0 Å². The highest BCUT2D eigenvalue weighted by molar-refractivity contribution is 5.74. The third-order valence-corrected chi connectivity index (χ3v) is 4.50. The average molecular weight is 333 g/mol. The second-order valence-corrected chi connectivity index (χ2v) is 6.19. The molecule has 3 N–H and O–H groups in total. The summed E-state index contributed by atoms with van der Waals surface area (Å²) in [6, 6.07) is 8.61. The lowest BCUT2D eigenvalue weighted by Gasteiger charge is -2.35. The van der Waals surface area contributed by atoms with Crippen molar-refractivity contribution in [3.63, 3.8) is 0 Å². The van der Waals surface area contributed by atoms with Crippen molar-refractivity contribution in [1.29, 1.82) is 0 Å². The number of benzene rings is 1. The first-order valence-corrected chi connectivity index (χ1v) is 8.64. The molecule has 1 aromatic carbocycles. The number of carbonyl (C=O) groups is 2. The summed E-state index contributed by atoms with van der Waals surface area (Å²) in [5, 5.41) is 14.2. The minimum Gasteiger partial charge on any atom is -0.481 e. The zero-order chi connectivity index (χ0) is 17.4. The normalized spacial score (nSPS) is 15.4. The zero-order valence-electron chi connectivity index (χ0n) is 14.3. The molecule has 0 bridgehead atoms.